The number of carbonyl (C=O) groups excluding carboxylic acids is 1. The van der Waals surface area contributed by atoms with Crippen LogP contribution in [0.25, 0.3) is 6.08 Å². The van der Waals surface area contributed by atoms with Gasteiger partial charge in [-0.25, -0.2) is 0 Å². The molecule has 1 aliphatic heterocycles. The van der Waals surface area contributed by atoms with Crippen LogP contribution in [-0.2, 0) is 21.2 Å². The van der Waals surface area contributed by atoms with E-state index in [2.05, 4.69) is 4.40 Å². The number of hydrogen-bond acceptors (Lipinski definition) is 5. The molecule has 1 fully saturated rings. The fourth-order valence-corrected chi connectivity index (χ4v) is 5.17. The number of thioether (sulfide) groups is 1. The van der Waals surface area contributed by atoms with E-state index in [4.69, 9.17) is 0 Å². The Morgan fingerprint density at radius 2 is 1.67 bits per heavy atom. The van der Waals surface area contributed by atoms with Gasteiger partial charge in [0.1, 0.15) is 0 Å². The van der Waals surface area contributed by atoms with E-state index in [1.165, 1.54) is 4.90 Å². The molecule has 1 saturated heterocycles. The van der Waals surface area contributed by atoms with Gasteiger partial charge in [-0.15, -0.1) is 4.40 Å². The van der Waals surface area contributed by atoms with Crippen LogP contribution in [-0.4, -0.2) is 45.0 Å². The van der Waals surface area contributed by atoms with Gasteiger partial charge in [-0.05, 0) is 66.6 Å². The van der Waals surface area contributed by atoms with Gasteiger partial charge in [-0.1, -0.05) is 31.2 Å². The smallest absolute Gasteiger partial charge is 0.284 e. The molecule has 0 radical (unpaired) electrons. The van der Waals surface area contributed by atoms with Gasteiger partial charge in [-0.2, -0.15) is 8.42 Å². The van der Waals surface area contributed by atoms with E-state index < -0.39 is 10.0 Å². The Morgan fingerprint density at radius 3 is 2.20 bits per heavy atom. The molecule has 0 atom stereocenters. The van der Waals surface area contributed by atoms with Crippen molar-refractivity contribution in [2.24, 2.45) is 4.40 Å². The van der Waals surface area contributed by atoms with Gasteiger partial charge in [0.05, 0.1) is 9.80 Å². The third kappa shape index (κ3) is 4.76. The number of rotatable bonds is 6. The molecule has 0 unspecified atom stereocenters. The number of aryl methyl sites for hydroxylation is 1. The first-order valence-electron chi connectivity index (χ1n) is 9.68. The van der Waals surface area contributed by atoms with Gasteiger partial charge in [0.15, 0.2) is 5.17 Å². The first-order valence-corrected chi connectivity index (χ1v) is 11.9. The summed E-state index contributed by atoms with van der Waals surface area (Å²) in [5, 5.41) is 0.179. The molecule has 0 bridgehead atoms. The number of sulfonamides is 1. The summed E-state index contributed by atoms with van der Waals surface area (Å²) in [5.74, 6) is -0.241. The van der Waals surface area contributed by atoms with Crippen molar-refractivity contribution in [2.45, 2.75) is 25.2 Å². The molecule has 6 nitrogen and oxygen atoms in total. The second-order valence-corrected chi connectivity index (χ2v) is 9.61. The summed E-state index contributed by atoms with van der Waals surface area (Å²) in [6.07, 6.45) is 2.59. The van der Waals surface area contributed by atoms with Crippen molar-refractivity contribution < 1.29 is 13.2 Å². The number of nitrogens with zero attached hydrogens (tertiary/aromatic N) is 3. The van der Waals surface area contributed by atoms with E-state index in [-0.39, 0.29) is 16.0 Å². The third-order valence-electron chi connectivity index (χ3n) is 4.74. The van der Waals surface area contributed by atoms with Gasteiger partial charge in [0.2, 0.25) is 0 Å². The molecule has 1 aliphatic rings. The highest BCUT2D eigenvalue weighted by atomic mass is 32.2. The molecule has 2 aromatic carbocycles. The summed E-state index contributed by atoms with van der Waals surface area (Å²) < 4.78 is 29.5. The normalized spacial score (nSPS) is 17.2. The number of benzene rings is 2. The topological polar surface area (TPSA) is 70.0 Å². The Bertz CT molecular complexity index is 1090. The quantitative estimate of drug-likeness (QED) is 0.631. The van der Waals surface area contributed by atoms with Crippen LogP contribution in [0.5, 0.6) is 0 Å². The lowest BCUT2D eigenvalue weighted by Crippen LogP contribution is -2.29. The molecule has 1 heterocycles. The predicted octanol–water partition coefficient (Wildman–Crippen LogP) is 4.00. The van der Waals surface area contributed by atoms with E-state index in [0.717, 1.165) is 35.0 Å². The van der Waals surface area contributed by atoms with Crippen molar-refractivity contribution in [3.63, 3.8) is 0 Å². The number of carbonyl (C=O) groups is 1. The fraction of sp³-hybridized carbons (Fsp3) is 0.273. The molecule has 0 spiro atoms. The molecule has 2 aromatic rings. The van der Waals surface area contributed by atoms with Crippen molar-refractivity contribution in [1.29, 1.82) is 0 Å². The van der Waals surface area contributed by atoms with E-state index in [0.29, 0.717) is 11.4 Å². The Morgan fingerprint density at radius 1 is 1.03 bits per heavy atom. The first-order chi connectivity index (χ1) is 14.2. The average Bonchev–Trinajstić information content (AvgIpc) is 3.01. The second-order valence-electron chi connectivity index (χ2n) is 6.99. The minimum atomic E-state index is -3.91. The molecule has 0 aromatic heterocycles. The number of amidine groups is 1. The van der Waals surface area contributed by atoms with Gasteiger partial charge in [-0.3, -0.25) is 9.69 Å². The predicted molar refractivity (Wildman–Crippen MR) is 124 cm³/mol. The minimum absolute atomic E-state index is 0.119. The third-order valence-corrected chi connectivity index (χ3v) is 7.14. The van der Waals surface area contributed by atoms with Crippen LogP contribution in [0, 0.1) is 0 Å². The van der Waals surface area contributed by atoms with Crippen molar-refractivity contribution >= 4 is 44.6 Å². The van der Waals surface area contributed by atoms with Crippen LogP contribution in [0.15, 0.2) is 62.7 Å². The summed E-state index contributed by atoms with van der Waals surface area (Å²) >= 11 is 1.08. The van der Waals surface area contributed by atoms with Crippen LogP contribution < -0.4 is 4.90 Å². The maximum Gasteiger partial charge on any atom is 0.284 e. The van der Waals surface area contributed by atoms with Crippen LogP contribution in [0.3, 0.4) is 0 Å². The highest BCUT2D eigenvalue weighted by molar-refractivity contribution is 8.19. The number of anilines is 1. The standard InChI is InChI=1S/C22H25N3O3S2/c1-5-16-9-13-19(14-10-16)30(27,28)23-22-25(6-2)21(26)20(29-22)15-17-7-11-18(12-8-17)24(3)4/h7-15H,5-6H2,1-4H3/b20-15-,23-22-. The fourth-order valence-electron chi connectivity index (χ4n) is 2.93. The molecular formula is C22H25N3O3S2. The highest BCUT2D eigenvalue weighted by Crippen LogP contribution is 2.33. The zero-order chi connectivity index (χ0) is 21.9. The van der Waals surface area contributed by atoms with Crippen LogP contribution in [0.2, 0.25) is 0 Å². The van der Waals surface area contributed by atoms with Crippen molar-refractivity contribution in [2.75, 3.05) is 25.5 Å². The number of amides is 1. The molecule has 0 aliphatic carbocycles. The summed E-state index contributed by atoms with van der Waals surface area (Å²) in [6, 6.07) is 14.4. The van der Waals surface area contributed by atoms with Gasteiger partial charge >= 0.3 is 0 Å². The summed E-state index contributed by atoms with van der Waals surface area (Å²) in [5.41, 5.74) is 2.97. The molecular weight excluding hydrogens is 418 g/mol. The van der Waals surface area contributed by atoms with Crippen LogP contribution >= 0.6 is 11.8 Å². The lowest BCUT2D eigenvalue weighted by molar-refractivity contribution is -0.122. The zero-order valence-corrected chi connectivity index (χ0v) is 19.1. The maximum atomic E-state index is 12.8. The Hall–Kier alpha value is -2.58. The first kappa shape index (κ1) is 22.1. The molecule has 8 heteroatoms. The molecule has 0 N–H and O–H groups in total. The van der Waals surface area contributed by atoms with Crippen molar-refractivity contribution in [1.82, 2.24) is 4.90 Å². The summed E-state index contributed by atoms with van der Waals surface area (Å²) in [6.45, 7) is 4.14. The van der Waals surface area contributed by atoms with E-state index in [1.54, 1.807) is 37.3 Å². The molecule has 1 amide bonds. The second kappa shape index (κ2) is 9.06. The van der Waals surface area contributed by atoms with E-state index in [9.17, 15) is 13.2 Å². The van der Waals surface area contributed by atoms with Gasteiger partial charge in [0.25, 0.3) is 15.9 Å². The van der Waals surface area contributed by atoms with E-state index >= 15 is 0 Å². The summed E-state index contributed by atoms with van der Waals surface area (Å²) in [7, 11) is 0.0144. The van der Waals surface area contributed by atoms with Crippen LogP contribution in [0.1, 0.15) is 25.0 Å². The SMILES string of the molecule is CCc1ccc(S(=O)(=O)/N=C2\S/C(=C\c3ccc(N(C)C)cc3)C(=O)N2CC)cc1. The maximum absolute atomic E-state index is 12.8. The molecule has 3 rings (SSSR count). The number of likely N-dealkylation sites (N-methyl/N-ethyl adjacent to an activating group) is 1. The molecule has 30 heavy (non-hydrogen) atoms. The minimum Gasteiger partial charge on any atom is -0.378 e. The van der Waals surface area contributed by atoms with Crippen LogP contribution in [0.4, 0.5) is 5.69 Å². The zero-order valence-electron chi connectivity index (χ0n) is 17.5. The Balaban J connectivity index is 1.90. The lowest BCUT2D eigenvalue weighted by atomic mass is 10.2. The van der Waals surface area contributed by atoms with Crippen molar-refractivity contribution in [3.8, 4) is 0 Å². The van der Waals surface area contributed by atoms with Gasteiger partial charge in [0, 0.05) is 26.3 Å². The van der Waals surface area contributed by atoms with Crippen molar-refractivity contribution in [3.05, 3.63) is 64.6 Å². The monoisotopic (exact) mass is 443 g/mol. The Labute approximate surface area is 182 Å². The summed E-state index contributed by atoms with van der Waals surface area (Å²) in [4.78, 5) is 16.7. The lowest BCUT2D eigenvalue weighted by Gasteiger charge is -2.12. The van der Waals surface area contributed by atoms with E-state index in [1.807, 2.05) is 50.2 Å². The van der Waals surface area contributed by atoms with Gasteiger partial charge < -0.3 is 4.90 Å². The molecule has 0 saturated carbocycles. The number of hydrogen-bond donors (Lipinski definition) is 0. The Kier molecular flexibility index (Phi) is 6.67. The highest BCUT2D eigenvalue weighted by Gasteiger charge is 2.34. The largest absolute Gasteiger partial charge is 0.378 e. The molecule has 158 valence electrons. The average molecular weight is 444 g/mol.